The van der Waals surface area contributed by atoms with Crippen LogP contribution in [0.15, 0.2) is 28.8 Å². The van der Waals surface area contributed by atoms with E-state index in [1.165, 1.54) is 0 Å². The van der Waals surface area contributed by atoms with Gasteiger partial charge < -0.3 is 19.3 Å². The number of aromatic nitrogens is 2. The zero-order valence-electron chi connectivity index (χ0n) is 11.0. The number of hydrogen-bond donors (Lipinski definition) is 1. The van der Waals surface area contributed by atoms with E-state index in [1.54, 1.807) is 14.2 Å². The fourth-order valence-corrected chi connectivity index (χ4v) is 1.68. The first-order valence-electron chi connectivity index (χ1n) is 6.00. The summed E-state index contributed by atoms with van der Waals surface area (Å²) >= 11 is 0. The van der Waals surface area contributed by atoms with Gasteiger partial charge in [-0.3, -0.25) is 0 Å². The molecule has 2 rings (SSSR count). The van der Waals surface area contributed by atoms with Crippen LogP contribution in [0.25, 0.3) is 0 Å². The molecule has 1 aromatic heterocycles. The molecule has 19 heavy (non-hydrogen) atoms. The first kappa shape index (κ1) is 13.4. The number of rotatable bonds is 7. The van der Waals surface area contributed by atoms with Gasteiger partial charge in [0.15, 0.2) is 5.82 Å². The van der Waals surface area contributed by atoms with E-state index in [9.17, 15) is 0 Å². The minimum absolute atomic E-state index is 0.405. The summed E-state index contributed by atoms with van der Waals surface area (Å²) in [5.74, 6) is 1.44. The number of benzene rings is 1. The standard InChI is InChI=1S/C13H17N3O3/c1-17-8-7-14-13-15-12(16-19-13)9-10-5-3-4-6-11(10)18-2/h3-6H,7-9H2,1-2H3,(H,14,15,16). The van der Waals surface area contributed by atoms with Crippen molar-refractivity contribution in [2.45, 2.75) is 6.42 Å². The molecule has 0 bridgehead atoms. The van der Waals surface area contributed by atoms with Gasteiger partial charge in [0.05, 0.1) is 13.7 Å². The highest BCUT2D eigenvalue weighted by Gasteiger charge is 2.09. The summed E-state index contributed by atoms with van der Waals surface area (Å²) < 4.78 is 15.3. The fourth-order valence-electron chi connectivity index (χ4n) is 1.68. The highest BCUT2D eigenvalue weighted by Crippen LogP contribution is 2.20. The van der Waals surface area contributed by atoms with Crippen LogP contribution < -0.4 is 10.1 Å². The van der Waals surface area contributed by atoms with Gasteiger partial charge in [0, 0.05) is 25.6 Å². The van der Waals surface area contributed by atoms with E-state index in [-0.39, 0.29) is 0 Å². The summed E-state index contributed by atoms with van der Waals surface area (Å²) in [5, 5.41) is 6.90. The molecule has 0 saturated heterocycles. The largest absolute Gasteiger partial charge is 0.496 e. The molecule has 6 heteroatoms. The third kappa shape index (κ3) is 3.69. The molecule has 6 nitrogen and oxygen atoms in total. The van der Waals surface area contributed by atoms with Crippen LogP contribution in [0.3, 0.4) is 0 Å². The number of anilines is 1. The molecule has 1 aromatic carbocycles. The Bertz CT molecular complexity index is 513. The van der Waals surface area contributed by atoms with Crippen molar-refractivity contribution in [3.8, 4) is 5.75 Å². The predicted octanol–water partition coefficient (Wildman–Crippen LogP) is 1.73. The van der Waals surface area contributed by atoms with E-state index >= 15 is 0 Å². The molecule has 0 aliphatic heterocycles. The molecule has 0 aliphatic carbocycles. The van der Waals surface area contributed by atoms with Crippen LogP contribution in [-0.2, 0) is 11.2 Å². The number of para-hydroxylation sites is 1. The number of nitrogens with one attached hydrogen (secondary N) is 1. The first-order chi connectivity index (χ1) is 9.33. The SMILES string of the molecule is COCCNc1nc(Cc2ccccc2OC)no1. The topological polar surface area (TPSA) is 69.4 Å². The number of nitrogens with zero attached hydrogens (tertiary/aromatic N) is 2. The Balaban J connectivity index is 1.99. The third-order valence-corrected chi connectivity index (χ3v) is 2.59. The minimum Gasteiger partial charge on any atom is -0.496 e. The Morgan fingerprint density at radius 1 is 1.26 bits per heavy atom. The zero-order valence-corrected chi connectivity index (χ0v) is 11.0. The van der Waals surface area contributed by atoms with Gasteiger partial charge in [0.2, 0.25) is 0 Å². The van der Waals surface area contributed by atoms with Crippen molar-refractivity contribution >= 4 is 6.01 Å². The summed E-state index contributed by atoms with van der Waals surface area (Å²) in [5.41, 5.74) is 1.02. The van der Waals surface area contributed by atoms with Gasteiger partial charge in [0.1, 0.15) is 5.75 Å². The van der Waals surface area contributed by atoms with Gasteiger partial charge in [-0.2, -0.15) is 4.98 Å². The van der Waals surface area contributed by atoms with E-state index in [1.807, 2.05) is 24.3 Å². The Hall–Kier alpha value is -2.08. The van der Waals surface area contributed by atoms with Gasteiger partial charge in [-0.1, -0.05) is 23.4 Å². The number of hydrogen-bond acceptors (Lipinski definition) is 6. The second-order valence-electron chi connectivity index (χ2n) is 3.92. The van der Waals surface area contributed by atoms with Crippen LogP contribution in [0.2, 0.25) is 0 Å². The van der Waals surface area contributed by atoms with Crippen LogP contribution in [0, 0.1) is 0 Å². The maximum absolute atomic E-state index is 5.29. The van der Waals surface area contributed by atoms with Crippen molar-refractivity contribution < 1.29 is 14.0 Å². The number of methoxy groups -OCH3 is 2. The Kier molecular flexibility index (Phi) is 4.74. The lowest BCUT2D eigenvalue weighted by Crippen LogP contribution is -2.07. The zero-order chi connectivity index (χ0) is 13.5. The molecular formula is C13H17N3O3. The third-order valence-electron chi connectivity index (χ3n) is 2.59. The molecule has 0 spiro atoms. The summed E-state index contributed by atoms with van der Waals surface area (Å²) in [4.78, 5) is 4.25. The summed E-state index contributed by atoms with van der Waals surface area (Å²) in [6.45, 7) is 1.22. The fraction of sp³-hybridized carbons (Fsp3) is 0.385. The molecule has 1 heterocycles. The molecule has 1 N–H and O–H groups in total. The maximum Gasteiger partial charge on any atom is 0.321 e. The average molecular weight is 263 g/mol. The monoisotopic (exact) mass is 263 g/mol. The molecule has 0 radical (unpaired) electrons. The quantitative estimate of drug-likeness (QED) is 0.767. The van der Waals surface area contributed by atoms with Gasteiger partial charge in [-0.05, 0) is 6.07 Å². The lowest BCUT2D eigenvalue weighted by Gasteiger charge is -2.05. The van der Waals surface area contributed by atoms with Gasteiger partial charge in [-0.25, -0.2) is 0 Å². The normalized spacial score (nSPS) is 10.4. The predicted molar refractivity (Wildman–Crippen MR) is 70.5 cm³/mol. The smallest absolute Gasteiger partial charge is 0.321 e. The van der Waals surface area contributed by atoms with Crippen LogP contribution in [0.5, 0.6) is 5.75 Å². The first-order valence-corrected chi connectivity index (χ1v) is 6.00. The minimum atomic E-state index is 0.405. The molecular weight excluding hydrogens is 246 g/mol. The number of ether oxygens (including phenoxy) is 2. The van der Waals surface area contributed by atoms with Crippen LogP contribution in [0.4, 0.5) is 6.01 Å². The lowest BCUT2D eigenvalue weighted by molar-refractivity contribution is 0.210. The summed E-state index contributed by atoms with van der Waals surface area (Å²) in [6.07, 6.45) is 0.569. The molecule has 0 aliphatic rings. The second-order valence-corrected chi connectivity index (χ2v) is 3.92. The molecule has 102 valence electrons. The van der Waals surface area contributed by atoms with E-state index in [0.29, 0.717) is 31.4 Å². The molecule has 0 unspecified atom stereocenters. The average Bonchev–Trinajstić information content (AvgIpc) is 2.87. The second kappa shape index (κ2) is 6.75. The van der Waals surface area contributed by atoms with Crippen molar-refractivity contribution in [1.82, 2.24) is 10.1 Å². The highest BCUT2D eigenvalue weighted by atomic mass is 16.5. The van der Waals surface area contributed by atoms with Crippen LogP contribution >= 0.6 is 0 Å². The van der Waals surface area contributed by atoms with Crippen molar-refractivity contribution in [2.75, 3.05) is 32.7 Å². The van der Waals surface area contributed by atoms with Gasteiger partial charge in [0.25, 0.3) is 0 Å². The van der Waals surface area contributed by atoms with Gasteiger partial charge in [-0.15, -0.1) is 0 Å². The van der Waals surface area contributed by atoms with Crippen LogP contribution in [0.1, 0.15) is 11.4 Å². The van der Waals surface area contributed by atoms with Crippen molar-refractivity contribution in [3.63, 3.8) is 0 Å². The molecule has 0 amide bonds. The molecule has 0 atom stereocenters. The summed E-state index contributed by atoms with van der Waals surface area (Å²) in [7, 11) is 3.29. The summed E-state index contributed by atoms with van der Waals surface area (Å²) in [6, 6.07) is 8.17. The molecule has 2 aromatic rings. The van der Waals surface area contributed by atoms with E-state index in [0.717, 1.165) is 11.3 Å². The van der Waals surface area contributed by atoms with Crippen molar-refractivity contribution in [3.05, 3.63) is 35.7 Å². The molecule has 0 fully saturated rings. The lowest BCUT2D eigenvalue weighted by atomic mass is 10.1. The van der Waals surface area contributed by atoms with E-state index in [4.69, 9.17) is 14.0 Å². The van der Waals surface area contributed by atoms with E-state index in [2.05, 4.69) is 15.5 Å². The Labute approximate surface area is 111 Å². The molecule has 0 saturated carbocycles. The maximum atomic E-state index is 5.29. The Morgan fingerprint density at radius 3 is 2.89 bits per heavy atom. The highest BCUT2D eigenvalue weighted by molar-refractivity contribution is 5.35. The van der Waals surface area contributed by atoms with Crippen LogP contribution in [-0.4, -0.2) is 37.5 Å². The van der Waals surface area contributed by atoms with E-state index < -0.39 is 0 Å². The van der Waals surface area contributed by atoms with Crippen molar-refractivity contribution in [2.24, 2.45) is 0 Å². The van der Waals surface area contributed by atoms with Gasteiger partial charge >= 0.3 is 6.01 Å². The van der Waals surface area contributed by atoms with Crippen molar-refractivity contribution in [1.29, 1.82) is 0 Å². The Morgan fingerprint density at radius 2 is 2.11 bits per heavy atom.